The van der Waals surface area contributed by atoms with E-state index in [1.54, 1.807) is 0 Å². The van der Waals surface area contributed by atoms with E-state index in [1.165, 1.54) is 18.3 Å². The van der Waals surface area contributed by atoms with Crippen LogP contribution in [0.1, 0.15) is 0 Å². The summed E-state index contributed by atoms with van der Waals surface area (Å²) in [5.74, 6) is -1.01. The molecule has 2 rings (SSSR count). The molecule has 1 aromatic carbocycles. The molecule has 0 fully saturated rings. The van der Waals surface area contributed by atoms with Crippen molar-refractivity contribution in [2.75, 3.05) is 5.73 Å². The maximum absolute atomic E-state index is 13.3. The molecule has 0 unspecified atom stereocenters. The largest absolute Gasteiger partial charge is 0.384 e. The normalized spacial score (nSPS) is 10.4. The Morgan fingerprint density at radius 2 is 2.00 bits per heavy atom. The predicted molar refractivity (Wildman–Crippen MR) is 48.4 cm³/mol. The summed E-state index contributed by atoms with van der Waals surface area (Å²) < 4.78 is 25.9. The fourth-order valence-corrected chi connectivity index (χ4v) is 1.22. The van der Waals surface area contributed by atoms with E-state index in [-0.39, 0.29) is 11.4 Å². The van der Waals surface area contributed by atoms with Gasteiger partial charge in [-0.1, -0.05) is 0 Å². The molecular formula is C9H7F2N3. The van der Waals surface area contributed by atoms with E-state index in [0.29, 0.717) is 5.56 Å². The summed E-state index contributed by atoms with van der Waals surface area (Å²) in [5, 5.41) is 6.13. The van der Waals surface area contributed by atoms with Gasteiger partial charge < -0.3 is 5.73 Å². The van der Waals surface area contributed by atoms with Crippen LogP contribution in [-0.4, -0.2) is 10.2 Å². The second-order valence-corrected chi connectivity index (χ2v) is 2.82. The maximum atomic E-state index is 13.3. The molecule has 0 amide bonds. The first-order valence-corrected chi connectivity index (χ1v) is 3.93. The molecule has 0 spiro atoms. The smallest absolute Gasteiger partial charge is 0.134 e. The van der Waals surface area contributed by atoms with Crippen LogP contribution in [0.3, 0.4) is 0 Å². The Bertz CT molecular complexity index is 465. The third kappa shape index (κ3) is 1.32. The Balaban J connectivity index is 2.58. The first-order chi connectivity index (χ1) is 6.68. The van der Waals surface area contributed by atoms with Crippen LogP contribution in [0.4, 0.5) is 14.6 Å². The lowest BCUT2D eigenvalue weighted by Gasteiger charge is -2.00. The molecule has 3 nitrogen and oxygen atoms in total. The molecule has 0 saturated carbocycles. The van der Waals surface area contributed by atoms with Gasteiger partial charge in [-0.3, -0.25) is 5.10 Å². The minimum Gasteiger partial charge on any atom is -0.384 e. The van der Waals surface area contributed by atoms with E-state index in [4.69, 9.17) is 5.73 Å². The summed E-state index contributed by atoms with van der Waals surface area (Å²) in [5.41, 5.74) is 6.17. The van der Waals surface area contributed by atoms with Crippen LogP contribution >= 0.6 is 0 Å². The van der Waals surface area contributed by atoms with Gasteiger partial charge in [0.2, 0.25) is 0 Å². The molecule has 72 valence electrons. The molecule has 14 heavy (non-hydrogen) atoms. The lowest BCUT2D eigenvalue weighted by atomic mass is 10.1. The van der Waals surface area contributed by atoms with Gasteiger partial charge in [-0.2, -0.15) is 5.10 Å². The summed E-state index contributed by atoms with van der Waals surface area (Å²) >= 11 is 0. The Morgan fingerprint density at radius 1 is 1.21 bits per heavy atom. The first kappa shape index (κ1) is 8.68. The molecule has 0 aliphatic carbocycles. The number of benzene rings is 1. The van der Waals surface area contributed by atoms with Gasteiger partial charge in [0.25, 0.3) is 0 Å². The van der Waals surface area contributed by atoms with E-state index in [0.717, 1.165) is 6.07 Å². The number of hydrogen-bond acceptors (Lipinski definition) is 2. The van der Waals surface area contributed by atoms with Crippen molar-refractivity contribution >= 4 is 5.82 Å². The number of nitrogens with one attached hydrogen (secondary N) is 1. The molecular weight excluding hydrogens is 188 g/mol. The first-order valence-electron chi connectivity index (χ1n) is 3.93. The number of hydrogen-bond donors (Lipinski definition) is 2. The molecule has 0 radical (unpaired) electrons. The van der Waals surface area contributed by atoms with Gasteiger partial charge in [0.15, 0.2) is 0 Å². The van der Waals surface area contributed by atoms with Crippen molar-refractivity contribution in [2.45, 2.75) is 0 Å². The SMILES string of the molecule is Nc1[nH]ncc1-c1ccc(F)cc1F. The number of aromatic nitrogens is 2. The summed E-state index contributed by atoms with van der Waals surface area (Å²) in [7, 11) is 0. The van der Waals surface area contributed by atoms with Crippen molar-refractivity contribution in [3.05, 3.63) is 36.0 Å². The van der Waals surface area contributed by atoms with Gasteiger partial charge in [-0.25, -0.2) is 8.78 Å². The van der Waals surface area contributed by atoms with Crippen LogP contribution in [0, 0.1) is 11.6 Å². The molecule has 3 N–H and O–H groups in total. The van der Waals surface area contributed by atoms with Crippen molar-refractivity contribution in [1.29, 1.82) is 0 Å². The van der Waals surface area contributed by atoms with E-state index < -0.39 is 11.6 Å². The predicted octanol–water partition coefficient (Wildman–Crippen LogP) is 1.94. The number of aromatic amines is 1. The van der Waals surface area contributed by atoms with Gasteiger partial charge >= 0.3 is 0 Å². The quantitative estimate of drug-likeness (QED) is 0.730. The Hall–Kier alpha value is -1.91. The highest BCUT2D eigenvalue weighted by Gasteiger charge is 2.10. The minimum absolute atomic E-state index is 0.234. The molecule has 2 aromatic rings. The highest BCUT2D eigenvalue weighted by molar-refractivity contribution is 5.73. The van der Waals surface area contributed by atoms with Gasteiger partial charge in [0.1, 0.15) is 17.5 Å². The van der Waals surface area contributed by atoms with Gasteiger partial charge in [0.05, 0.1) is 6.20 Å². The fraction of sp³-hybridized carbons (Fsp3) is 0. The van der Waals surface area contributed by atoms with Crippen molar-refractivity contribution < 1.29 is 8.78 Å². The van der Waals surface area contributed by atoms with E-state index in [1.807, 2.05) is 0 Å². The molecule has 0 aliphatic rings. The third-order valence-corrected chi connectivity index (χ3v) is 1.89. The topological polar surface area (TPSA) is 54.7 Å². The number of nitrogens with two attached hydrogens (primary N) is 1. The Labute approximate surface area is 78.6 Å². The second kappa shape index (κ2) is 3.10. The van der Waals surface area contributed by atoms with Gasteiger partial charge in [-0.15, -0.1) is 0 Å². The molecule has 0 bridgehead atoms. The lowest BCUT2D eigenvalue weighted by molar-refractivity contribution is 0.585. The minimum atomic E-state index is -0.655. The summed E-state index contributed by atoms with van der Waals surface area (Å²) in [6.45, 7) is 0. The Morgan fingerprint density at radius 3 is 2.57 bits per heavy atom. The van der Waals surface area contributed by atoms with Crippen LogP contribution in [-0.2, 0) is 0 Å². The van der Waals surface area contributed by atoms with Crippen molar-refractivity contribution in [3.63, 3.8) is 0 Å². The zero-order valence-electron chi connectivity index (χ0n) is 7.09. The highest BCUT2D eigenvalue weighted by atomic mass is 19.1. The maximum Gasteiger partial charge on any atom is 0.134 e. The molecule has 0 saturated heterocycles. The van der Waals surface area contributed by atoms with Gasteiger partial charge in [-0.05, 0) is 12.1 Å². The van der Waals surface area contributed by atoms with Crippen LogP contribution in [0.15, 0.2) is 24.4 Å². The third-order valence-electron chi connectivity index (χ3n) is 1.89. The summed E-state index contributed by atoms with van der Waals surface area (Å²) in [6, 6.07) is 3.30. The lowest BCUT2D eigenvalue weighted by Crippen LogP contribution is -1.90. The number of anilines is 1. The molecule has 1 aromatic heterocycles. The average molecular weight is 195 g/mol. The van der Waals surface area contributed by atoms with Crippen molar-refractivity contribution in [1.82, 2.24) is 10.2 Å². The molecule has 0 atom stereocenters. The van der Waals surface area contributed by atoms with Crippen LogP contribution < -0.4 is 5.73 Å². The zero-order chi connectivity index (χ0) is 10.1. The number of nitrogen functional groups attached to an aromatic ring is 1. The van der Waals surface area contributed by atoms with E-state index in [9.17, 15) is 8.78 Å². The second-order valence-electron chi connectivity index (χ2n) is 2.82. The van der Waals surface area contributed by atoms with Crippen LogP contribution in [0.25, 0.3) is 11.1 Å². The number of halogens is 2. The summed E-state index contributed by atoms with van der Waals surface area (Å²) in [6.07, 6.45) is 1.39. The fourth-order valence-electron chi connectivity index (χ4n) is 1.22. The van der Waals surface area contributed by atoms with E-state index in [2.05, 4.69) is 10.2 Å². The van der Waals surface area contributed by atoms with Crippen molar-refractivity contribution in [3.8, 4) is 11.1 Å². The van der Waals surface area contributed by atoms with Crippen LogP contribution in [0.5, 0.6) is 0 Å². The van der Waals surface area contributed by atoms with E-state index >= 15 is 0 Å². The zero-order valence-corrected chi connectivity index (χ0v) is 7.09. The Kier molecular flexibility index (Phi) is 1.92. The number of nitrogens with zero attached hydrogens (tertiary/aromatic N) is 1. The number of rotatable bonds is 1. The molecule has 0 aliphatic heterocycles. The summed E-state index contributed by atoms with van der Waals surface area (Å²) in [4.78, 5) is 0. The van der Waals surface area contributed by atoms with Crippen LogP contribution in [0.2, 0.25) is 0 Å². The highest BCUT2D eigenvalue weighted by Crippen LogP contribution is 2.26. The molecule has 1 heterocycles. The number of H-pyrrole nitrogens is 1. The monoisotopic (exact) mass is 195 g/mol. The van der Waals surface area contributed by atoms with Crippen molar-refractivity contribution in [2.24, 2.45) is 0 Å². The standard InChI is InChI=1S/C9H7F2N3/c10-5-1-2-6(8(11)3-5)7-4-13-14-9(7)12/h1-4H,(H3,12,13,14). The molecule has 5 heteroatoms. The van der Waals surface area contributed by atoms with Gasteiger partial charge in [0, 0.05) is 17.2 Å². The average Bonchev–Trinajstić information content (AvgIpc) is 2.52.